The van der Waals surface area contributed by atoms with Gasteiger partial charge in [-0.2, -0.15) is 8.42 Å². The number of halogens is 2. The van der Waals surface area contributed by atoms with Gasteiger partial charge in [-0.1, -0.05) is 15.9 Å². The molecule has 4 nitrogen and oxygen atoms in total. The van der Waals surface area contributed by atoms with E-state index in [1.165, 1.54) is 12.3 Å². The molecule has 13 heavy (non-hydrogen) atoms. The van der Waals surface area contributed by atoms with Gasteiger partial charge >= 0.3 is 10.1 Å². The van der Waals surface area contributed by atoms with Gasteiger partial charge in [-0.05, 0) is 28.1 Å². The van der Waals surface area contributed by atoms with Gasteiger partial charge in [-0.25, -0.2) is 4.98 Å². The van der Waals surface area contributed by atoms with Crippen LogP contribution in [0.2, 0.25) is 0 Å². The van der Waals surface area contributed by atoms with Gasteiger partial charge in [0.2, 0.25) is 0 Å². The Balaban J connectivity index is 2.82. The van der Waals surface area contributed by atoms with E-state index in [0.29, 0.717) is 4.60 Å². The summed E-state index contributed by atoms with van der Waals surface area (Å²) in [6, 6.07) is 3.11. The van der Waals surface area contributed by atoms with Crippen LogP contribution in [0.1, 0.15) is 0 Å². The van der Waals surface area contributed by atoms with Gasteiger partial charge in [0.15, 0.2) is 5.75 Å². The van der Waals surface area contributed by atoms with Gasteiger partial charge < -0.3 is 4.18 Å². The van der Waals surface area contributed by atoms with Crippen molar-refractivity contribution in [3.05, 3.63) is 22.9 Å². The summed E-state index contributed by atoms with van der Waals surface area (Å²) in [6.07, 6.45) is 1.32. The third kappa shape index (κ3) is 3.61. The zero-order valence-electron chi connectivity index (χ0n) is 6.28. The van der Waals surface area contributed by atoms with E-state index in [2.05, 4.69) is 41.0 Å². The Morgan fingerprint density at radius 1 is 1.46 bits per heavy atom. The maximum atomic E-state index is 10.9. The van der Waals surface area contributed by atoms with Crippen molar-refractivity contribution in [1.29, 1.82) is 0 Å². The first-order valence-electron chi connectivity index (χ1n) is 3.13. The first kappa shape index (κ1) is 10.9. The Hall–Kier alpha value is -0.140. The second-order valence-electron chi connectivity index (χ2n) is 2.07. The number of pyridine rings is 1. The topological polar surface area (TPSA) is 56.3 Å². The van der Waals surface area contributed by atoms with Crippen LogP contribution in [0.3, 0.4) is 0 Å². The third-order valence-corrected chi connectivity index (χ3v) is 3.92. The normalized spacial score (nSPS) is 11.2. The summed E-state index contributed by atoms with van der Waals surface area (Å²) in [6.45, 7) is 0. The molecule has 0 aliphatic heterocycles. The minimum atomic E-state index is -3.52. The molecule has 0 fully saturated rings. The average molecular weight is 331 g/mol. The molecule has 0 saturated carbocycles. The number of hydrogen-bond donors (Lipinski definition) is 0. The van der Waals surface area contributed by atoms with Crippen molar-refractivity contribution in [2.45, 2.75) is 0 Å². The molecule has 1 aromatic rings. The molecule has 0 N–H and O–H groups in total. The summed E-state index contributed by atoms with van der Waals surface area (Å²) in [5.74, 6) is 0.197. The largest absolute Gasteiger partial charge is 0.380 e. The van der Waals surface area contributed by atoms with E-state index in [1.807, 2.05) is 0 Å². The monoisotopic (exact) mass is 329 g/mol. The molecule has 0 aliphatic rings. The van der Waals surface area contributed by atoms with Crippen molar-refractivity contribution < 1.29 is 12.6 Å². The standard InChI is InChI=1S/C6H5Br2NO3S/c7-4-13(10,11)12-5-1-2-6(8)9-3-5/h1-3H,4H2. The summed E-state index contributed by atoms with van der Waals surface area (Å²) >= 11 is 5.92. The average Bonchev–Trinajstić information content (AvgIpc) is 2.09. The number of nitrogens with zero attached hydrogens (tertiary/aromatic N) is 1. The molecule has 0 saturated heterocycles. The van der Waals surface area contributed by atoms with Crippen LogP contribution in [0.4, 0.5) is 0 Å². The number of hydrogen-bond acceptors (Lipinski definition) is 4. The van der Waals surface area contributed by atoms with E-state index >= 15 is 0 Å². The van der Waals surface area contributed by atoms with E-state index in [9.17, 15) is 8.42 Å². The van der Waals surface area contributed by atoms with Gasteiger partial charge in [0, 0.05) is 0 Å². The SMILES string of the molecule is O=S(=O)(CBr)Oc1ccc(Br)nc1. The van der Waals surface area contributed by atoms with Crippen molar-refractivity contribution in [2.75, 3.05) is 4.66 Å². The van der Waals surface area contributed by atoms with Gasteiger partial charge in [0.1, 0.15) is 9.27 Å². The van der Waals surface area contributed by atoms with Crippen LogP contribution in [0.25, 0.3) is 0 Å². The molecule has 0 aromatic carbocycles. The molecule has 7 heteroatoms. The number of rotatable bonds is 3. The summed E-state index contributed by atoms with van der Waals surface area (Å²) < 4.78 is 26.9. The molecule has 72 valence electrons. The summed E-state index contributed by atoms with van der Waals surface area (Å²) in [5.41, 5.74) is 0. The summed E-state index contributed by atoms with van der Waals surface area (Å²) in [4.78, 5) is 3.81. The number of alkyl halides is 1. The van der Waals surface area contributed by atoms with E-state index in [4.69, 9.17) is 0 Å². The van der Waals surface area contributed by atoms with Crippen LogP contribution in [0.5, 0.6) is 5.75 Å². The highest BCUT2D eigenvalue weighted by atomic mass is 79.9. The second kappa shape index (κ2) is 4.39. The highest BCUT2D eigenvalue weighted by Gasteiger charge is 2.09. The van der Waals surface area contributed by atoms with E-state index in [0.717, 1.165) is 0 Å². The molecule has 0 unspecified atom stereocenters. The lowest BCUT2D eigenvalue weighted by atomic mass is 10.5. The Bertz CT molecular complexity index is 375. The predicted octanol–water partition coefficient (Wildman–Crippen LogP) is 1.91. The summed E-state index contributed by atoms with van der Waals surface area (Å²) in [7, 11) is -3.52. The van der Waals surface area contributed by atoms with Crippen LogP contribution in [0, 0.1) is 0 Å². The zero-order valence-corrected chi connectivity index (χ0v) is 10.3. The van der Waals surface area contributed by atoms with Crippen molar-refractivity contribution in [1.82, 2.24) is 4.98 Å². The second-order valence-corrected chi connectivity index (χ2v) is 5.75. The Morgan fingerprint density at radius 3 is 2.62 bits per heavy atom. The van der Waals surface area contributed by atoms with Gasteiger partial charge in [0.05, 0.1) is 6.20 Å². The molecule has 0 atom stereocenters. The molecule has 0 spiro atoms. The lowest BCUT2D eigenvalue weighted by molar-refractivity contribution is 0.490. The van der Waals surface area contributed by atoms with Crippen LogP contribution < -0.4 is 4.18 Å². The quantitative estimate of drug-likeness (QED) is 0.482. The van der Waals surface area contributed by atoms with Crippen molar-refractivity contribution >= 4 is 42.0 Å². The van der Waals surface area contributed by atoms with Crippen molar-refractivity contribution in [3.8, 4) is 5.75 Å². The van der Waals surface area contributed by atoms with Crippen LogP contribution in [-0.4, -0.2) is 18.1 Å². The van der Waals surface area contributed by atoms with E-state index in [-0.39, 0.29) is 10.4 Å². The lowest BCUT2D eigenvalue weighted by Gasteiger charge is -2.02. The Kier molecular flexibility index (Phi) is 3.69. The van der Waals surface area contributed by atoms with Crippen LogP contribution in [0.15, 0.2) is 22.9 Å². The molecule has 1 aromatic heterocycles. The molecular formula is C6H5Br2NO3S. The van der Waals surface area contributed by atoms with E-state index < -0.39 is 10.1 Å². The first-order valence-corrected chi connectivity index (χ1v) is 6.62. The van der Waals surface area contributed by atoms with Crippen LogP contribution in [-0.2, 0) is 10.1 Å². The lowest BCUT2D eigenvalue weighted by Crippen LogP contribution is -2.09. The highest BCUT2D eigenvalue weighted by molar-refractivity contribution is 9.10. The molecule has 0 amide bonds. The Morgan fingerprint density at radius 2 is 2.15 bits per heavy atom. The summed E-state index contributed by atoms with van der Waals surface area (Å²) in [5, 5.41) is 0. The molecular weight excluding hydrogens is 326 g/mol. The minimum absolute atomic E-state index is 0.197. The Labute approximate surface area is 92.7 Å². The maximum Gasteiger partial charge on any atom is 0.319 e. The fraction of sp³-hybridized carbons (Fsp3) is 0.167. The van der Waals surface area contributed by atoms with Crippen molar-refractivity contribution in [2.24, 2.45) is 0 Å². The third-order valence-electron chi connectivity index (χ3n) is 1.06. The highest BCUT2D eigenvalue weighted by Crippen LogP contribution is 2.15. The zero-order chi connectivity index (χ0) is 9.90. The molecule has 1 heterocycles. The van der Waals surface area contributed by atoms with Crippen LogP contribution >= 0.6 is 31.9 Å². The first-order chi connectivity index (χ1) is 6.03. The molecule has 0 bridgehead atoms. The smallest absolute Gasteiger partial charge is 0.319 e. The fourth-order valence-corrected chi connectivity index (χ4v) is 1.53. The maximum absolute atomic E-state index is 10.9. The number of aromatic nitrogens is 1. The molecule has 1 rings (SSSR count). The van der Waals surface area contributed by atoms with E-state index in [1.54, 1.807) is 6.07 Å². The fourth-order valence-electron chi connectivity index (χ4n) is 0.580. The van der Waals surface area contributed by atoms with Gasteiger partial charge in [0.25, 0.3) is 0 Å². The molecule has 0 aliphatic carbocycles. The molecule has 0 radical (unpaired) electrons. The van der Waals surface area contributed by atoms with Gasteiger partial charge in [-0.3, -0.25) is 0 Å². The van der Waals surface area contributed by atoms with Gasteiger partial charge in [-0.15, -0.1) is 0 Å². The minimum Gasteiger partial charge on any atom is -0.380 e. The predicted molar refractivity (Wildman–Crippen MR) is 55.3 cm³/mol. The van der Waals surface area contributed by atoms with Crippen molar-refractivity contribution in [3.63, 3.8) is 0 Å².